The lowest BCUT2D eigenvalue weighted by Crippen LogP contribution is -2.47. The van der Waals surface area contributed by atoms with Crippen molar-refractivity contribution in [2.45, 2.75) is 40.2 Å². The lowest BCUT2D eigenvalue weighted by Gasteiger charge is -2.37. The second-order valence-corrected chi connectivity index (χ2v) is 6.02. The summed E-state index contributed by atoms with van der Waals surface area (Å²) >= 11 is 0. The van der Waals surface area contributed by atoms with Gasteiger partial charge >= 0.3 is 0 Å². The summed E-state index contributed by atoms with van der Waals surface area (Å²) in [6.45, 7) is 11.9. The van der Waals surface area contributed by atoms with E-state index in [1.54, 1.807) is 0 Å². The van der Waals surface area contributed by atoms with E-state index in [1.165, 1.54) is 0 Å². The first-order valence-corrected chi connectivity index (χ1v) is 8.20. The van der Waals surface area contributed by atoms with Crippen molar-refractivity contribution in [2.75, 3.05) is 31.1 Å². The Morgan fingerprint density at radius 3 is 2.57 bits per heavy atom. The first-order valence-electron chi connectivity index (χ1n) is 8.20. The summed E-state index contributed by atoms with van der Waals surface area (Å²) in [6.07, 6.45) is 2.62. The van der Waals surface area contributed by atoms with Crippen LogP contribution in [0.2, 0.25) is 0 Å². The molecule has 7 nitrogen and oxygen atoms in total. The van der Waals surface area contributed by atoms with Crippen LogP contribution in [0.1, 0.15) is 43.0 Å². The molecule has 1 aliphatic rings. The predicted octanol–water partition coefficient (Wildman–Crippen LogP) is 1.92. The van der Waals surface area contributed by atoms with Crippen LogP contribution in [-0.2, 0) is 6.42 Å². The van der Waals surface area contributed by atoms with E-state index in [1.807, 2.05) is 27.0 Å². The first-order chi connectivity index (χ1) is 11.1. The molecule has 0 radical (unpaired) electrons. The third-order valence-electron chi connectivity index (χ3n) is 4.37. The van der Waals surface area contributed by atoms with Gasteiger partial charge in [0.2, 0.25) is 5.89 Å². The maximum Gasteiger partial charge on any atom is 0.243 e. The van der Waals surface area contributed by atoms with Gasteiger partial charge in [-0.3, -0.25) is 9.88 Å². The Labute approximate surface area is 136 Å². The van der Waals surface area contributed by atoms with Gasteiger partial charge in [-0.2, -0.15) is 4.98 Å². The van der Waals surface area contributed by atoms with Crippen LogP contribution in [-0.4, -0.2) is 51.2 Å². The number of anilines is 1. The van der Waals surface area contributed by atoms with E-state index < -0.39 is 0 Å². The SMILES string of the molecule is CCc1noc(C(C)N2CCN(c3nc(C)cnc3C)CC2)n1. The standard InChI is InChI=1S/C16H24N6O/c1-5-14-19-16(23-20-14)13(4)21-6-8-22(9-7-21)15-12(3)17-10-11(2)18-15/h10,13H,5-9H2,1-4H3. The van der Waals surface area contributed by atoms with Crippen molar-refractivity contribution in [3.8, 4) is 0 Å². The summed E-state index contributed by atoms with van der Waals surface area (Å²) in [5.41, 5.74) is 1.95. The molecule has 1 atom stereocenters. The van der Waals surface area contributed by atoms with Crippen LogP contribution >= 0.6 is 0 Å². The van der Waals surface area contributed by atoms with Crippen molar-refractivity contribution in [3.05, 3.63) is 29.3 Å². The van der Waals surface area contributed by atoms with Crippen molar-refractivity contribution in [1.82, 2.24) is 25.0 Å². The van der Waals surface area contributed by atoms with E-state index in [0.29, 0.717) is 5.89 Å². The number of rotatable bonds is 4. The Bertz CT molecular complexity index is 662. The van der Waals surface area contributed by atoms with Crippen LogP contribution in [0.5, 0.6) is 0 Å². The van der Waals surface area contributed by atoms with Gasteiger partial charge < -0.3 is 9.42 Å². The predicted molar refractivity (Wildman–Crippen MR) is 87.4 cm³/mol. The van der Waals surface area contributed by atoms with Crippen molar-refractivity contribution in [2.24, 2.45) is 0 Å². The zero-order chi connectivity index (χ0) is 16.4. The molecule has 124 valence electrons. The van der Waals surface area contributed by atoms with Crippen molar-refractivity contribution in [1.29, 1.82) is 0 Å². The molecule has 7 heteroatoms. The highest BCUT2D eigenvalue weighted by atomic mass is 16.5. The Morgan fingerprint density at radius 1 is 1.17 bits per heavy atom. The largest absolute Gasteiger partial charge is 0.353 e. The minimum Gasteiger partial charge on any atom is -0.353 e. The topological polar surface area (TPSA) is 71.2 Å². The number of piperazine rings is 1. The summed E-state index contributed by atoms with van der Waals surface area (Å²) in [4.78, 5) is 18.2. The molecule has 0 aromatic carbocycles. The Balaban J connectivity index is 1.65. The van der Waals surface area contributed by atoms with Gasteiger partial charge in [-0.1, -0.05) is 12.1 Å². The van der Waals surface area contributed by atoms with Gasteiger partial charge in [0.15, 0.2) is 5.82 Å². The molecule has 23 heavy (non-hydrogen) atoms. The molecule has 2 aromatic rings. The average Bonchev–Trinajstić information content (AvgIpc) is 3.06. The smallest absolute Gasteiger partial charge is 0.243 e. The second kappa shape index (κ2) is 6.62. The summed E-state index contributed by atoms with van der Waals surface area (Å²) in [6, 6.07) is 0.148. The third-order valence-corrected chi connectivity index (χ3v) is 4.37. The van der Waals surface area contributed by atoms with Crippen molar-refractivity contribution >= 4 is 5.82 Å². The van der Waals surface area contributed by atoms with Crippen LogP contribution < -0.4 is 4.90 Å². The first kappa shape index (κ1) is 15.9. The van der Waals surface area contributed by atoms with Gasteiger partial charge in [0.25, 0.3) is 0 Å². The molecule has 0 N–H and O–H groups in total. The van der Waals surface area contributed by atoms with E-state index in [2.05, 4.69) is 36.8 Å². The zero-order valence-corrected chi connectivity index (χ0v) is 14.3. The summed E-state index contributed by atoms with van der Waals surface area (Å²) in [5, 5.41) is 3.99. The molecule has 3 rings (SSSR count). The zero-order valence-electron chi connectivity index (χ0n) is 14.3. The molecule has 3 heterocycles. The van der Waals surface area contributed by atoms with Crippen LogP contribution in [0.3, 0.4) is 0 Å². The fraction of sp³-hybridized carbons (Fsp3) is 0.625. The lowest BCUT2D eigenvalue weighted by molar-refractivity contribution is 0.164. The number of aromatic nitrogens is 4. The summed E-state index contributed by atoms with van der Waals surface area (Å²) in [7, 11) is 0. The molecule has 1 unspecified atom stereocenters. The summed E-state index contributed by atoms with van der Waals surface area (Å²) < 4.78 is 5.38. The van der Waals surface area contributed by atoms with Crippen LogP contribution in [0, 0.1) is 13.8 Å². The lowest BCUT2D eigenvalue weighted by atomic mass is 10.2. The maximum atomic E-state index is 5.38. The molecule has 1 fully saturated rings. The molecule has 2 aromatic heterocycles. The molecule has 0 bridgehead atoms. The van der Waals surface area contributed by atoms with Gasteiger partial charge in [-0.05, 0) is 20.8 Å². The average molecular weight is 316 g/mol. The second-order valence-electron chi connectivity index (χ2n) is 6.02. The number of hydrogen-bond donors (Lipinski definition) is 0. The highest BCUT2D eigenvalue weighted by Crippen LogP contribution is 2.23. The fourth-order valence-electron chi connectivity index (χ4n) is 2.88. The van der Waals surface area contributed by atoms with E-state index >= 15 is 0 Å². The Hall–Kier alpha value is -2.02. The molecule has 0 spiro atoms. The highest BCUT2D eigenvalue weighted by Gasteiger charge is 2.26. The van der Waals surface area contributed by atoms with Crippen LogP contribution in [0.4, 0.5) is 5.82 Å². The molecule has 1 saturated heterocycles. The Morgan fingerprint density at radius 2 is 1.91 bits per heavy atom. The monoisotopic (exact) mass is 316 g/mol. The van der Waals surface area contributed by atoms with Crippen molar-refractivity contribution < 1.29 is 4.52 Å². The highest BCUT2D eigenvalue weighted by molar-refractivity contribution is 5.43. The normalized spacial score (nSPS) is 17.5. The minimum atomic E-state index is 0.148. The van der Waals surface area contributed by atoms with E-state index in [4.69, 9.17) is 4.52 Å². The van der Waals surface area contributed by atoms with Gasteiger partial charge in [-0.15, -0.1) is 0 Å². The van der Waals surface area contributed by atoms with Gasteiger partial charge in [0, 0.05) is 38.8 Å². The van der Waals surface area contributed by atoms with Crippen molar-refractivity contribution in [3.63, 3.8) is 0 Å². The van der Waals surface area contributed by atoms with E-state index in [-0.39, 0.29) is 6.04 Å². The molecule has 0 saturated carbocycles. The molecular weight excluding hydrogens is 292 g/mol. The van der Waals surface area contributed by atoms with Gasteiger partial charge in [0.05, 0.1) is 17.4 Å². The van der Waals surface area contributed by atoms with Crippen LogP contribution in [0.25, 0.3) is 0 Å². The van der Waals surface area contributed by atoms with Crippen LogP contribution in [0.15, 0.2) is 10.7 Å². The minimum absolute atomic E-state index is 0.148. The van der Waals surface area contributed by atoms with E-state index in [9.17, 15) is 0 Å². The Kier molecular flexibility index (Phi) is 4.56. The molecule has 0 amide bonds. The number of aryl methyl sites for hydroxylation is 3. The molecule has 1 aliphatic heterocycles. The maximum absolute atomic E-state index is 5.38. The quantitative estimate of drug-likeness (QED) is 0.853. The third kappa shape index (κ3) is 3.34. The summed E-state index contributed by atoms with van der Waals surface area (Å²) in [5.74, 6) is 2.49. The van der Waals surface area contributed by atoms with Gasteiger partial charge in [0.1, 0.15) is 5.82 Å². The van der Waals surface area contributed by atoms with Gasteiger partial charge in [-0.25, -0.2) is 4.98 Å². The molecule has 0 aliphatic carbocycles. The fourth-order valence-corrected chi connectivity index (χ4v) is 2.88. The van der Waals surface area contributed by atoms with E-state index in [0.717, 1.165) is 55.6 Å². The number of nitrogens with zero attached hydrogens (tertiary/aromatic N) is 6. The molecular formula is C16H24N6O. The number of hydrogen-bond acceptors (Lipinski definition) is 7.